The first kappa shape index (κ1) is 12.3. The van der Waals surface area contributed by atoms with Gasteiger partial charge in [0.05, 0.1) is 6.10 Å². The zero-order valence-corrected chi connectivity index (χ0v) is 9.19. The number of nitrogens with zero attached hydrogens (tertiary/aromatic N) is 1. The van der Waals surface area contributed by atoms with E-state index in [0.29, 0.717) is 31.6 Å². The number of thiol groups is 1. The zero-order valence-electron chi connectivity index (χ0n) is 8.30. The highest BCUT2D eigenvalue weighted by Gasteiger charge is 2.40. The van der Waals surface area contributed by atoms with Crippen LogP contribution >= 0.6 is 12.6 Å². The summed E-state index contributed by atoms with van der Waals surface area (Å²) in [5.41, 5.74) is 0. The van der Waals surface area contributed by atoms with E-state index < -0.39 is 18.1 Å². The van der Waals surface area contributed by atoms with Crippen molar-refractivity contribution in [2.45, 2.75) is 31.4 Å². The minimum atomic E-state index is -1.14. The van der Waals surface area contributed by atoms with Crippen molar-refractivity contribution in [1.82, 2.24) is 4.90 Å². The van der Waals surface area contributed by atoms with Gasteiger partial charge in [0.25, 0.3) is 0 Å². The molecule has 2 N–H and O–H groups in total. The zero-order chi connectivity index (χ0) is 11.4. The van der Waals surface area contributed by atoms with Gasteiger partial charge in [-0.15, -0.1) is 0 Å². The van der Waals surface area contributed by atoms with E-state index in [0.717, 1.165) is 0 Å². The molecule has 1 aliphatic heterocycles. The molecule has 86 valence electrons. The van der Waals surface area contributed by atoms with Gasteiger partial charge < -0.3 is 15.1 Å². The second-order valence-electron chi connectivity index (χ2n) is 3.55. The van der Waals surface area contributed by atoms with Crippen LogP contribution in [0.2, 0.25) is 0 Å². The van der Waals surface area contributed by atoms with E-state index in [9.17, 15) is 14.7 Å². The number of carboxylic acid groups (broad SMARTS) is 1. The van der Waals surface area contributed by atoms with E-state index in [4.69, 9.17) is 5.11 Å². The average Bonchev–Trinajstić information content (AvgIpc) is 2.56. The van der Waals surface area contributed by atoms with Crippen LogP contribution in [0.5, 0.6) is 0 Å². The average molecular weight is 233 g/mol. The van der Waals surface area contributed by atoms with Gasteiger partial charge in [0.2, 0.25) is 5.91 Å². The molecule has 15 heavy (non-hydrogen) atoms. The molecule has 1 unspecified atom stereocenters. The molecular weight excluding hydrogens is 218 g/mol. The standard InChI is InChI=1S/C9H15NO4S/c11-6-3-4-10(8(6)9(13)14)7(12)2-1-5-15/h6,8,11,15H,1-5H2,(H,13,14)/t6?,8-/m0/s1. The Morgan fingerprint density at radius 2 is 2.13 bits per heavy atom. The van der Waals surface area contributed by atoms with E-state index in [1.54, 1.807) is 0 Å². The fraction of sp³-hybridized carbons (Fsp3) is 0.778. The van der Waals surface area contributed by atoms with Gasteiger partial charge in [-0.25, -0.2) is 4.79 Å². The normalized spacial score (nSPS) is 25.6. The summed E-state index contributed by atoms with van der Waals surface area (Å²) in [6.45, 7) is 0.323. The predicted molar refractivity (Wildman–Crippen MR) is 56.8 cm³/mol. The van der Waals surface area contributed by atoms with Crippen LogP contribution in [0.1, 0.15) is 19.3 Å². The number of carbonyl (C=O) groups excluding carboxylic acids is 1. The molecule has 0 saturated carbocycles. The van der Waals surface area contributed by atoms with Crippen LogP contribution in [0.15, 0.2) is 0 Å². The van der Waals surface area contributed by atoms with Gasteiger partial charge in [-0.1, -0.05) is 0 Å². The van der Waals surface area contributed by atoms with Gasteiger partial charge in [-0.3, -0.25) is 4.79 Å². The predicted octanol–water partition coefficient (Wildman–Crippen LogP) is -0.257. The van der Waals surface area contributed by atoms with Gasteiger partial charge in [0.15, 0.2) is 6.04 Å². The Morgan fingerprint density at radius 1 is 1.47 bits per heavy atom. The number of carboxylic acids is 1. The topological polar surface area (TPSA) is 77.8 Å². The Balaban J connectivity index is 2.60. The number of aliphatic hydroxyl groups excluding tert-OH is 1. The number of likely N-dealkylation sites (tertiary alicyclic amines) is 1. The minimum absolute atomic E-state index is 0.215. The lowest BCUT2D eigenvalue weighted by Gasteiger charge is -2.22. The van der Waals surface area contributed by atoms with Gasteiger partial charge >= 0.3 is 5.97 Å². The van der Waals surface area contributed by atoms with Crippen molar-refractivity contribution in [3.63, 3.8) is 0 Å². The second kappa shape index (κ2) is 5.37. The molecule has 0 aromatic rings. The Morgan fingerprint density at radius 3 is 2.67 bits per heavy atom. The summed E-state index contributed by atoms with van der Waals surface area (Å²) in [6, 6.07) is -1.07. The SMILES string of the molecule is O=C(O)[C@@H]1C(O)CCN1C(=O)CCCS. The third-order valence-corrected chi connectivity index (χ3v) is 2.80. The van der Waals surface area contributed by atoms with Crippen LogP contribution in [-0.2, 0) is 9.59 Å². The number of aliphatic hydroxyl groups is 1. The van der Waals surface area contributed by atoms with Gasteiger partial charge in [0, 0.05) is 13.0 Å². The third kappa shape index (κ3) is 2.85. The molecule has 1 rings (SSSR count). The molecule has 0 aromatic carbocycles. The number of amides is 1. The summed E-state index contributed by atoms with van der Waals surface area (Å²) < 4.78 is 0. The lowest BCUT2D eigenvalue weighted by molar-refractivity contribution is -0.151. The molecule has 5 nitrogen and oxygen atoms in total. The largest absolute Gasteiger partial charge is 0.480 e. The van der Waals surface area contributed by atoms with Crippen molar-refractivity contribution in [2.24, 2.45) is 0 Å². The van der Waals surface area contributed by atoms with Gasteiger partial charge in [-0.05, 0) is 18.6 Å². The van der Waals surface area contributed by atoms with E-state index in [1.807, 2.05) is 0 Å². The van der Waals surface area contributed by atoms with Crippen molar-refractivity contribution >= 4 is 24.5 Å². The van der Waals surface area contributed by atoms with Crippen molar-refractivity contribution in [3.05, 3.63) is 0 Å². The molecule has 0 spiro atoms. The molecule has 1 heterocycles. The molecular formula is C9H15NO4S. The Hall–Kier alpha value is -0.750. The highest BCUT2D eigenvalue weighted by atomic mass is 32.1. The molecule has 2 atom stereocenters. The summed E-state index contributed by atoms with van der Waals surface area (Å²) in [7, 11) is 0. The van der Waals surface area contributed by atoms with Crippen LogP contribution in [0.4, 0.5) is 0 Å². The summed E-state index contributed by atoms with van der Waals surface area (Å²) in [5.74, 6) is -0.757. The second-order valence-corrected chi connectivity index (χ2v) is 4.00. The maximum Gasteiger partial charge on any atom is 0.329 e. The Kier molecular flexibility index (Phi) is 4.41. The number of hydrogen-bond donors (Lipinski definition) is 3. The van der Waals surface area contributed by atoms with Crippen LogP contribution in [0.3, 0.4) is 0 Å². The molecule has 0 bridgehead atoms. The minimum Gasteiger partial charge on any atom is -0.480 e. The van der Waals surface area contributed by atoms with Crippen molar-refractivity contribution in [2.75, 3.05) is 12.3 Å². The monoisotopic (exact) mass is 233 g/mol. The lowest BCUT2D eigenvalue weighted by atomic mass is 10.1. The number of rotatable bonds is 4. The third-order valence-electron chi connectivity index (χ3n) is 2.49. The van der Waals surface area contributed by atoms with E-state index in [-0.39, 0.29) is 5.91 Å². The van der Waals surface area contributed by atoms with Gasteiger partial charge in [-0.2, -0.15) is 12.6 Å². The molecule has 1 saturated heterocycles. The maximum absolute atomic E-state index is 11.6. The number of aliphatic carboxylic acids is 1. The fourth-order valence-corrected chi connectivity index (χ4v) is 1.89. The van der Waals surface area contributed by atoms with E-state index >= 15 is 0 Å². The molecule has 0 radical (unpaired) electrons. The highest BCUT2D eigenvalue weighted by molar-refractivity contribution is 7.80. The first-order chi connectivity index (χ1) is 7.07. The molecule has 6 heteroatoms. The van der Waals surface area contributed by atoms with Crippen LogP contribution in [0, 0.1) is 0 Å². The van der Waals surface area contributed by atoms with Crippen molar-refractivity contribution in [1.29, 1.82) is 0 Å². The highest BCUT2D eigenvalue weighted by Crippen LogP contribution is 2.19. The molecule has 1 aliphatic rings. The first-order valence-corrected chi connectivity index (χ1v) is 5.52. The quantitative estimate of drug-likeness (QED) is 0.585. The van der Waals surface area contributed by atoms with E-state index in [1.165, 1.54) is 4.90 Å². The number of hydrogen-bond acceptors (Lipinski definition) is 4. The van der Waals surface area contributed by atoms with E-state index in [2.05, 4.69) is 12.6 Å². The van der Waals surface area contributed by atoms with Crippen LogP contribution in [-0.4, -0.2) is 51.4 Å². The maximum atomic E-state index is 11.6. The molecule has 1 amide bonds. The van der Waals surface area contributed by atoms with Crippen molar-refractivity contribution in [3.8, 4) is 0 Å². The lowest BCUT2D eigenvalue weighted by Crippen LogP contribution is -2.45. The summed E-state index contributed by atoms with van der Waals surface area (Å²) in [5, 5.41) is 18.3. The smallest absolute Gasteiger partial charge is 0.329 e. The first-order valence-electron chi connectivity index (χ1n) is 4.89. The van der Waals surface area contributed by atoms with Gasteiger partial charge in [0.1, 0.15) is 0 Å². The molecule has 0 aromatic heterocycles. The summed E-state index contributed by atoms with van der Waals surface area (Å²) in [4.78, 5) is 23.7. The summed E-state index contributed by atoms with van der Waals surface area (Å²) >= 11 is 3.98. The molecule has 1 fully saturated rings. The number of carbonyl (C=O) groups is 2. The Bertz CT molecular complexity index is 258. The van der Waals surface area contributed by atoms with Crippen LogP contribution < -0.4 is 0 Å². The molecule has 0 aliphatic carbocycles. The van der Waals surface area contributed by atoms with Crippen molar-refractivity contribution < 1.29 is 19.8 Å². The fourth-order valence-electron chi connectivity index (χ4n) is 1.73. The van der Waals surface area contributed by atoms with Crippen LogP contribution in [0.25, 0.3) is 0 Å². The Labute approximate surface area is 93.5 Å². The summed E-state index contributed by atoms with van der Waals surface area (Å²) in [6.07, 6.45) is 0.312.